The molecule has 0 saturated heterocycles. The highest BCUT2D eigenvalue weighted by atomic mass is 35.5. The molecule has 0 spiro atoms. The highest BCUT2D eigenvalue weighted by Gasteiger charge is 2.17. The van der Waals surface area contributed by atoms with Gasteiger partial charge < -0.3 is 5.32 Å². The van der Waals surface area contributed by atoms with Crippen molar-refractivity contribution in [2.45, 2.75) is 44.0 Å². The maximum Gasteiger partial charge on any atom is 0.240 e. The predicted octanol–water partition coefficient (Wildman–Crippen LogP) is 3.53. The summed E-state index contributed by atoms with van der Waals surface area (Å²) in [6, 6.07) is 6.74. The number of halogens is 2. The number of rotatable bonds is 9. The number of hydrogen-bond acceptors (Lipinski definition) is 4. The van der Waals surface area contributed by atoms with Gasteiger partial charge in [0.1, 0.15) is 0 Å². The van der Waals surface area contributed by atoms with E-state index in [2.05, 4.69) is 21.9 Å². The Morgan fingerprint density at radius 3 is 2.60 bits per heavy atom. The molecule has 0 saturated carbocycles. The molecule has 0 radical (unpaired) electrons. The van der Waals surface area contributed by atoms with E-state index in [1.165, 1.54) is 12.8 Å². The Morgan fingerprint density at radius 2 is 1.88 bits per heavy atom. The summed E-state index contributed by atoms with van der Waals surface area (Å²) in [4.78, 5) is 4.32. The molecule has 0 aliphatic heterocycles. The molecule has 5 nitrogen and oxygen atoms in total. The number of nitrogens with zero attached hydrogens (tertiary/aromatic N) is 1. The Labute approximate surface area is 162 Å². The van der Waals surface area contributed by atoms with Crippen LogP contribution < -0.4 is 10.0 Å². The van der Waals surface area contributed by atoms with Crippen molar-refractivity contribution in [1.82, 2.24) is 15.0 Å². The van der Waals surface area contributed by atoms with Crippen molar-refractivity contribution in [3.63, 3.8) is 0 Å². The van der Waals surface area contributed by atoms with Crippen LogP contribution in [0.25, 0.3) is 10.8 Å². The molecule has 0 bridgehead atoms. The summed E-state index contributed by atoms with van der Waals surface area (Å²) in [6.07, 6.45) is 6.88. The highest BCUT2D eigenvalue weighted by Crippen LogP contribution is 2.18. The summed E-state index contributed by atoms with van der Waals surface area (Å²) in [5, 5.41) is 5.09. The monoisotopic (exact) mass is 407 g/mol. The van der Waals surface area contributed by atoms with Gasteiger partial charge in [-0.25, -0.2) is 13.1 Å². The van der Waals surface area contributed by atoms with Crippen LogP contribution in [0.2, 0.25) is 0 Å². The van der Waals surface area contributed by atoms with Gasteiger partial charge >= 0.3 is 0 Å². The molecule has 0 fully saturated rings. The lowest BCUT2D eigenvalue weighted by atomic mass is 10.2. The third-order valence-corrected chi connectivity index (χ3v) is 5.27. The fraction of sp³-hybridized carbons (Fsp3) is 0.471. The molecule has 2 rings (SSSR count). The van der Waals surface area contributed by atoms with Crippen molar-refractivity contribution >= 4 is 45.6 Å². The summed E-state index contributed by atoms with van der Waals surface area (Å²) in [5.41, 5.74) is 0. The van der Waals surface area contributed by atoms with Gasteiger partial charge in [0, 0.05) is 30.4 Å². The molecule has 1 heterocycles. The number of nitrogens with one attached hydrogen (secondary N) is 2. The van der Waals surface area contributed by atoms with E-state index in [9.17, 15) is 8.42 Å². The normalized spacial score (nSPS) is 12.2. The fourth-order valence-electron chi connectivity index (χ4n) is 2.42. The van der Waals surface area contributed by atoms with Crippen molar-refractivity contribution in [2.24, 2.45) is 0 Å². The molecule has 1 atom stereocenters. The molecular formula is C17H27Cl2N3O2S. The summed E-state index contributed by atoms with van der Waals surface area (Å²) >= 11 is 0. The molecule has 0 unspecified atom stereocenters. The molecule has 1 aromatic heterocycles. The lowest BCUT2D eigenvalue weighted by molar-refractivity contribution is 0.528. The smallest absolute Gasteiger partial charge is 0.240 e. The quantitative estimate of drug-likeness (QED) is 0.623. The molecular weight excluding hydrogens is 381 g/mol. The number of hydrogen-bond donors (Lipinski definition) is 2. The first-order chi connectivity index (χ1) is 11.0. The van der Waals surface area contributed by atoms with Crippen molar-refractivity contribution in [3.8, 4) is 0 Å². The van der Waals surface area contributed by atoms with Crippen molar-refractivity contribution in [3.05, 3.63) is 36.7 Å². The minimum Gasteiger partial charge on any atom is -0.315 e. The Kier molecular flexibility index (Phi) is 11.2. The van der Waals surface area contributed by atoms with Gasteiger partial charge in [0.05, 0.1) is 4.90 Å². The average molecular weight is 408 g/mol. The summed E-state index contributed by atoms with van der Waals surface area (Å²) in [5.74, 6) is 0. The first kappa shape index (κ1) is 24.1. The van der Waals surface area contributed by atoms with Crippen LogP contribution in [0.1, 0.15) is 33.1 Å². The molecule has 0 aliphatic carbocycles. The molecule has 25 heavy (non-hydrogen) atoms. The number of pyridine rings is 1. The first-order valence-corrected chi connectivity index (χ1v) is 9.58. The lowest BCUT2D eigenvalue weighted by Gasteiger charge is -2.15. The van der Waals surface area contributed by atoms with Crippen LogP contribution in [0.5, 0.6) is 0 Å². The van der Waals surface area contributed by atoms with Gasteiger partial charge in [0.15, 0.2) is 0 Å². The molecule has 142 valence electrons. The van der Waals surface area contributed by atoms with Gasteiger partial charge in [-0.15, -0.1) is 24.8 Å². The van der Waals surface area contributed by atoms with Gasteiger partial charge in [-0.1, -0.05) is 25.8 Å². The van der Waals surface area contributed by atoms with E-state index in [4.69, 9.17) is 0 Å². The van der Waals surface area contributed by atoms with E-state index in [0.717, 1.165) is 23.7 Å². The zero-order chi connectivity index (χ0) is 16.7. The molecule has 2 N–H and O–H groups in total. The van der Waals surface area contributed by atoms with E-state index in [1.807, 2.05) is 13.0 Å². The molecule has 0 aliphatic rings. The minimum atomic E-state index is -3.51. The van der Waals surface area contributed by atoms with E-state index in [1.54, 1.807) is 30.6 Å². The zero-order valence-electron chi connectivity index (χ0n) is 14.6. The maximum atomic E-state index is 12.5. The number of fused-ring (bicyclic) bond motifs is 1. The second kappa shape index (κ2) is 11.6. The second-order valence-corrected chi connectivity index (χ2v) is 7.53. The number of aromatic nitrogens is 1. The van der Waals surface area contributed by atoms with Crippen LogP contribution >= 0.6 is 24.8 Å². The van der Waals surface area contributed by atoms with E-state index >= 15 is 0 Å². The number of unbranched alkanes of at least 4 members (excludes halogenated alkanes) is 2. The van der Waals surface area contributed by atoms with Gasteiger partial charge in [0.2, 0.25) is 10.0 Å². The Bertz CT molecular complexity index is 742. The van der Waals surface area contributed by atoms with Crippen molar-refractivity contribution in [2.75, 3.05) is 13.1 Å². The van der Waals surface area contributed by atoms with Crippen molar-refractivity contribution in [1.29, 1.82) is 0 Å². The Hall–Kier alpha value is -0.920. The largest absolute Gasteiger partial charge is 0.315 e. The van der Waals surface area contributed by atoms with Gasteiger partial charge in [0.25, 0.3) is 0 Å². The van der Waals surface area contributed by atoms with E-state index in [-0.39, 0.29) is 35.8 Å². The van der Waals surface area contributed by atoms with Gasteiger partial charge in [-0.05, 0) is 43.5 Å². The fourth-order valence-corrected chi connectivity index (χ4v) is 3.70. The SMILES string of the molecule is CCCCCNC[C@@H](C)NS(=O)(=O)c1ccc2cnccc2c1.Cl.Cl. The standard InChI is InChI=1S/C17H25N3O2S.2ClH/c1-3-4-5-9-18-12-14(2)20-23(21,22)17-7-6-16-13-19-10-8-15(16)11-17;;/h6-8,10-11,13-14,18,20H,3-5,9,12H2,1-2H3;2*1H/t14-;;/m1../s1. The summed E-state index contributed by atoms with van der Waals surface area (Å²) in [7, 11) is -3.51. The zero-order valence-corrected chi connectivity index (χ0v) is 17.0. The lowest BCUT2D eigenvalue weighted by Crippen LogP contribution is -2.40. The molecule has 8 heteroatoms. The third-order valence-electron chi connectivity index (χ3n) is 3.69. The molecule has 1 aromatic carbocycles. The minimum absolute atomic E-state index is 0. The van der Waals surface area contributed by atoms with Crippen LogP contribution in [0.4, 0.5) is 0 Å². The Balaban J connectivity index is 0.00000288. The van der Waals surface area contributed by atoms with Gasteiger partial charge in [-0.2, -0.15) is 0 Å². The maximum absolute atomic E-state index is 12.5. The van der Waals surface area contributed by atoms with Gasteiger partial charge in [-0.3, -0.25) is 4.98 Å². The molecule has 0 amide bonds. The second-order valence-electron chi connectivity index (χ2n) is 5.82. The third kappa shape index (κ3) is 7.46. The average Bonchev–Trinajstić information content (AvgIpc) is 2.53. The van der Waals surface area contributed by atoms with Crippen LogP contribution in [-0.4, -0.2) is 32.5 Å². The Morgan fingerprint density at radius 1 is 1.12 bits per heavy atom. The molecule has 2 aromatic rings. The van der Waals surface area contributed by atoms with Crippen LogP contribution in [0.3, 0.4) is 0 Å². The highest BCUT2D eigenvalue weighted by molar-refractivity contribution is 7.89. The summed E-state index contributed by atoms with van der Waals surface area (Å²) < 4.78 is 27.7. The summed E-state index contributed by atoms with van der Waals surface area (Å²) in [6.45, 7) is 5.58. The van der Waals surface area contributed by atoms with E-state index < -0.39 is 10.0 Å². The predicted molar refractivity (Wildman–Crippen MR) is 108 cm³/mol. The first-order valence-electron chi connectivity index (χ1n) is 8.10. The van der Waals surface area contributed by atoms with Crippen LogP contribution in [0.15, 0.2) is 41.6 Å². The number of sulfonamides is 1. The van der Waals surface area contributed by atoms with Crippen LogP contribution in [-0.2, 0) is 10.0 Å². The number of benzene rings is 1. The van der Waals surface area contributed by atoms with E-state index in [0.29, 0.717) is 6.54 Å². The van der Waals surface area contributed by atoms with Crippen LogP contribution in [0, 0.1) is 0 Å². The topological polar surface area (TPSA) is 71.1 Å². The van der Waals surface area contributed by atoms with Crippen molar-refractivity contribution < 1.29 is 8.42 Å².